The molecule has 0 bridgehead atoms. The van der Waals surface area contributed by atoms with Crippen LogP contribution in [0.3, 0.4) is 0 Å². The molecule has 6 heteroatoms. The Labute approximate surface area is 76.5 Å². The summed E-state index contributed by atoms with van der Waals surface area (Å²) in [6.07, 6.45) is 1.63. The number of rotatable bonds is 2. The second-order valence-electron chi connectivity index (χ2n) is 1.94. The molecule has 0 amide bonds. The van der Waals surface area contributed by atoms with Gasteiger partial charge in [-0.05, 0) is 0 Å². The van der Waals surface area contributed by atoms with E-state index in [0.29, 0.717) is 13.1 Å². The van der Waals surface area contributed by atoms with E-state index in [0.717, 1.165) is 5.71 Å². The Hall–Kier alpha value is -1.28. The van der Waals surface area contributed by atoms with E-state index in [9.17, 15) is 0 Å². The molecule has 1 rings (SSSR count). The number of nitrogens with zero attached hydrogens (tertiary/aromatic N) is 3. The molecule has 0 unspecified atom stereocenters. The Morgan fingerprint density at radius 1 is 1.83 bits per heavy atom. The van der Waals surface area contributed by atoms with Crippen molar-refractivity contribution in [3.8, 4) is 6.07 Å². The van der Waals surface area contributed by atoms with Crippen molar-refractivity contribution in [2.45, 2.75) is 0 Å². The zero-order chi connectivity index (χ0) is 7.94. The average Bonchev–Trinajstić information content (AvgIpc) is 2.07. The maximum absolute atomic E-state index is 8.11. The van der Waals surface area contributed by atoms with Crippen LogP contribution in [-0.4, -0.2) is 31.7 Å². The average molecular weight is 189 g/mol. The molecular formula is C6H9ClN4O. The summed E-state index contributed by atoms with van der Waals surface area (Å²) in [6.45, 7) is 1.20. The first kappa shape index (κ1) is 10.7. The van der Waals surface area contributed by atoms with Gasteiger partial charge in [-0.25, -0.2) is 0 Å². The van der Waals surface area contributed by atoms with Gasteiger partial charge < -0.3 is 10.2 Å². The summed E-state index contributed by atoms with van der Waals surface area (Å²) in [5, 5.41) is 14.7. The van der Waals surface area contributed by atoms with Gasteiger partial charge in [0.1, 0.15) is 6.07 Å². The van der Waals surface area contributed by atoms with Crippen LogP contribution < -0.4 is 5.32 Å². The number of hydrogen-bond donors (Lipinski definition) is 1. The lowest BCUT2D eigenvalue weighted by Gasteiger charge is -2.06. The van der Waals surface area contributed by atoms with Gasteiger partial charge in [-0.3, -0.25) is 4.99 Å². The minimum absolute atomic E-state index is 0. The van der Waals surface area contributed by atoms with Gasteiger partial charge in [-0.1, -0.05) is 5.16 Å². The quantitative estimate of drug-likeness (QED) is 0.488. The Kier molecular flexibility index (Phi) is 5.75. The minimum atomic E-state index is -0.00673. The van der Waals surface area contributed by atoms with Crippen LogP contribution in [0.2, 0.25) is 0 Å². The molecule has 0 saturated heterocycles. The lowest BCUT2D eigenvalue weighted by atomic mass is 10.3. The maximum Gasteiger partial charge on any atom is 0.202 e. The molecule has 1 heterocycles. The second kappa shape index (κ2) is 6.43. The monoisotopic (exact) mass is 188 g/mol. The Bertz CT molecular complexity index is 220. The Morgan fingerprint density at radius 3 is 3.25 bits per heavy atom. The lowest BCUT2D eigenvalue weighted by Crippen LogP contribution is -2.28. The second-order valence-corrected chi connectivity index (χ2v) is 1.94. The highest BCUT2D eigenvalue weighted by Crippen LogP contribution is 1.85. The predicted octanol–water partition coefficient (Wildman–Crippen LogP) is -0.0641. The van der Waals surface area contributed by atoms with E-state index in [2.05, 4.69) is 20.3 Å². The van der Waals surface area contributed by atoms with Crippen LogP contribution in [-0.2, 0) is 4.84 Å². The zero-order valence-corrected chi connectivity index (χ0v) is 7.17. The highest BCUT2D eigenvalue weighted by Gasteiger charge is 2.00. The molecule has 0 radical (unpaired) electrons. The molecule has 0 atom stereocenters. The highest BCUT2D eigenvalue weighted by atomic mass is 35.5. The van der Waals surface area contributed by atoms with Crippen LogP contribution in [0, 0.1) is 11.3 Å². The molecular weight excluding hydrogens is 180 g/mol. The van der Waals surface area contributed by atoms with E-state index >= 15 is 0 Å². The molecule has 0 fully saturated rings. The van der Waals surface area contributed by atoms with Crippen molar-refractivity contribution in [3.05, 3.63) is 0 Å². The molecule has 0 aromatic carbocycles. The van der Waals surface area contributed by atoms with Gasteiger partial charge in [0.25, 0.3) is 0 Å². The fraction of sp³-hybridized carbons (Fsp3) is 0.500. The zero-order valence-electron chi connectivity index (χ0n) is 6.36. The summed E-state index contributed by atoms with van der Waals surface area (Å²) >= 11 is 0. The number of aliphatic imine (C=N–C) groups is 1. The van der Waals surface area contributed by atoms with Gasteiger partial charge in [0.15, 0.2) is 0 Å². The fourth-order valence-electron chi connectivity index (χ4n) is 0.648. The number of hydrogen-bond acceptors (Lipinski definition) is 5. The SMILES string of the molecule is Cl.N#CCO/N=C1/CN=CNC1. The van der Waals surface area contributed by atoms with Gasteiger partial charge in [0.2, 0.25) is 6.61 Å². The van der Waals surface area contributed by atoms with Crippen molar-refractivity contribution >= 4 is 24.5 Å². The summed E-state index contributed by atoms with van der Waals surface area (Å²) in [6, 6.07) is 1.82. The van der Waals surface area contributed by atoms with Crippen LogP contribution in [0.15, 0.2) is 10.1 Å². The Morgan fingerprint density at radius 2 is 2.67 bits per heavy atom. The van der Waals surface area contributed by atoms with Crippen LogP contribution >= 0.6 is 12.4 Å². The van der Waals surface area contributed by atoms with Gasteiger partial charge in [-0.15, -0.1) is 12.4 Å². The van der Waals surface area contributed by atoms with Crippen molar-refractivity contribution in [1.82, 2.24) is 5.32 Å². The molecule has 1 aliphatic rings. The maximum atomic E-state index is 8.11. The minimum Gasteiger partial charge on any atom is -0.380 e. The molecule has 5 nitrogen and oxygen atoms in total. The first-order chi connectivity index (χ1) is 5.43. The first-order valence-electron chi connectivity index (χ1n) is 3.20. The topological polar surface area (TPSA) is 69.8 Å². The summed E-state index contributed by atoms with van der Waals surface area (Å²) in [7, 11) is 0. The molecule has 0 saturated carbocycles. The molecule has 0 aromatic rings. The standard InChI is InChI=1S/C6H8N4O.ClH/c7-1-2-11-10-6-3-8-5-9-4-6;/h5H,2-4H2,(H,8,9);1H. The van der Waals surface area contributed by atoms with Gasteiger partial charge in [0, 0.05) is 0 Å². The fourth-order valence-corrected chi connectivity index (χ4v) is 0.648. The third kappa shape index (κ3) is 3.78. The predicted molar refractivity (Wildman–Crippen MR) is 47.6 cm³/mol. The molecule has 12 heavy (non-hydrogen) atoms. The van der Waals surface area contributed by atoms with Gasteiger partial charge in [0.05, 0.1) is 25.1 Å². The molecule has 1 N–H and O–H groups in total. The van der Waals surface area contributed by atoms with Crippen LogP contribution in [0.1, 0.15) is 0 Å². The highest BCUT2D eigenvalue weighted by molar-refractivity contribution is 5.92. The third-order valence-corrected chi connectivity index (χ3v) is 1.09. The molecule has 66 valence electrons. The smallest absolute Gasteiger partial charge is 0.202 e. The molecule has 1 aliphatic heterocycles. The van der Waals surface area contributed by atoms with E-state index < -0.39 is 0 Å². The van der Waals surface area contributed by atoms with E-state index in [1.165, 1.54) is 0 Å². The largest absolute Gasteiger partial charge is 0.380 e. The number of oxime groups is 1. The molecule has 0 aromatic heterocycles. The number of halogens is 1. The Balaban J connectivity index is 0.00000121. The summed E-state index contributed by atoms with van der Waals surface area (Å²) < 4.78 is 0. The van der Waals surface area contributed by atoms with E-state index in [1.807, 2.05) is 6.07 Å². The van der Waals surface area contributed by atoms with Crippen molar-refractivity contribution in [2.24, 2.45) is 10.1 Å². The van der Waals surface area contributed by atoms with Crippen molar-refractivity contribution in [1.29, 1.82) is 5.26 Å². The number of nitriles is 1. The summed E-state index contributed by atoms with van der Waals surface area (Å²) in [5.41, 5.74) is 0.808. The summed E-state index contributed by atoms with van der Waals surface area (Å²) in [4.78, 5) is 8.54. The van der Waals surface area contributed by atoms with Crippen LogP contribution in [0.5, 0.6) is 0 Å². The molecule has 0 spiro atoms. The van der Waals surface area contributed by atoms with E-state index in [-0.39, 0.29) is 19.0 Å². The summed E-state index contributed by atoms with van der Waals surface area (Å²) in [5.74, 6) is 0. The van der Waals surface area contributed by atoms with Gasteiger partial charge >= 0.3 is 0 Å². The van der Waals surface area contributed by atoms with Gasteiger partial charge in [-0.2, -0.15) is 5.26 Å². The lowest BCUT2D eigenvalue weighted by molar-refractivity contribution is 0.177. The van der Waals surface area contributed by atoms with Crippen molar-refractivity contribution in [3.63, 3.8) is 0 Å². The van der Waals surface area contributed by atoms with E-state index in [4.69, 9.17) is 5.26 Å². The van der Waals surface area contributed by atoms with Crippen molar-refractivity contribution in [2.75, 3.05) is 19.7 Å². The van der Waals surface area contributed by atoms with Crippen molar-refractivity contribution < 1.29 is 4.84 Å². The van der Waals surface area contributed by atoms with Crippen LogP contribution in [0.4, 0.5) is 0 Å². The first-order valence-corrected chi connectivity index (χ1v) is 3.20. The third-order valence-electron chi connectivity index (χ3n) is 1.09. The van der Waals surface area contributed by atoms with E-state index in [1.54, 1.807) is 6.34 Å². The molecule has 0 aliphatic carbocycles. The van der Waals surface area contributed by atoms with Crippen LogP contribution in [0.25, 0.3) is 0 Å². The number of nitrogens with one attached hydrogen (secondary N) is 1. The normalized spacial score (nSPS) is 17.4.